The summed E-state index contributed by atoms with van der Waals surface area (Å²) >= 11 is 0. The molecule has 0 rings (SSSR count). The van der Waals surface area contributed by atoms with Crippen molar-refractivity contribution in [2.75, 3.05) is 13.2 Å². The molecule has 0 aromatic carbocycles. The minimum absolute atomic E-state index is 0.0291. The Bertz CT molecular complexity index is 207. The van der Waals surface area contributed by atoms with Crippen LogP contribution in [0.15, 0.2) is 36.8 Å². The number of aliphatic hydroxyl groups excluding tert-OH is 1. The molecule has 0 bridgehead atoms. The van der Waals surface area contributed by atoms with Crippen LogP contribution in [0, 0.1) is 0 Å². The third-order valence-electron chi connectivity index (χ3n) is 1.54. The van der Waals surface area contributed by atoms with Crippen LogP contribution in [0.25, 0.3) is 0 Å². The first-order valence-electron chi connectivity index (χ1n) is 4.56. The van der Waals surface area contributed by atoms with E-state index >= 15 is 0 Å². The molecular weight excluding hydrogens is 180 g/mol. The fraction of sp³-hybridized carbons (Fsp3) is 0.455. The van der Waals surface area contributed by atoms with Crippen molar-refractivity contribution in [3.05, 3.63) is 36.8 Å². The molecular formula is C11H18O3. The second-order valence-electron chi connectivity index (χ2n) is 2.68. The lowest BCUT2D eigenvalue weighted by molar-refractivity contribution is 0.110. The molecule has 0 aliphatic rings. The largest absolute Gasteiger partial charge is 0.491 e. The first-order valence-corrected chi connectivity index (χ1v) is 4.56. The number of allylic oxidation sites excluding steroid dienone is 1. The summed E-state index contributed by atoms with van der Waals surface area (Å²) in [4.78, 5) is 0. The lowest BCUT2D eigenvalue weighted by atomic mass is 10.3. The van der Waals surface area contributed by atoms with Crippen LogP contribution in [0.4, 0.5) is 0 Å². The molecule has 0 aliphatic carbocycles. The summed E-state index contributed by atoms with van der Waals surface area (Å²) in [5, 5.41) is 8.46. The number of aliphatic hydroxyl groups is 1. The van der Waals surface area contributed by atoms with Crippen LogP contribution < -0.4 is 0 Å². The standard InChI is InChI=1S/C11H18O3/c1-4-5-8-13-10(2)11(3)14-9-6-7-12/h4-6,9,11-12H,2,7-8H2,1,3H3. The zero-order chi connectivity index (χ0) is 10.8. The molecule has 1 N–H and O–H groups in total. The van der Waals surface area contributed by atoms with E-state index < -0.39 is 0 Å². The Morgan fingerprint density at radius 3 is 2.79 bits per heavy atom. The van der Waals surface area contributed by atoms with E-state index in [1.807, 2.05) is 26.0 Å². The third-order valence-corrected chi connectivity index (χ3v) is 1.54. The van der Waals surface area contributed by atoms with Crippen LogP contribution in [-0.4, -0.2) is 24.4 Å². The van der Waals surface area contributed by atoms with Gasteiger partial charge in [0.25, 0.3) is 0 Å². The summed E-state index contributed by atoms with van der Waals surface area (Å²) in [7, 11) is 0. The van der Waals surface area contributed by atoms with Crippen LogP contribution in [0.1, 0.15) is 13.8 Å². The van der Waals surface area contributed by atoms with Crippen molar-refractivity contribution in [3.8, 4) is 0 Å². The number of hydrogen-bond acceptors (Lipinski definition) is 3. The second kappa shape index (κ2) is 8.38. The molecule has 0 aromatic rings. The molecule has 1 unspecified atom stereocenters. The quantitative estimate of drug-likeness (QED) is 0.502. The van der Waals surface area contributed by atoms with Crippen LogP contribution in [0.5, 0.6) is 0 Å². The lowest BCUT2D eigenvalue weighted by Crippen LogP contribution is -2.10. The van der Waals surface area contributed by atoms with Gasteiger partial charge >= 0.3 is 0 Å². The summed E-state index contributed by atoms with van der Waals surface area (Å²) in [5.41, 5.74) is 0. The highest BCUT2D eigenvalue weighted by atomic mass is 16.5. The number of rotatable bonds is 7. The molecule has 0 aliphatic heterocycles. The Kier molecular flexibility index (Phi) is 7.65. The predicted octanol–water partition coefficient (Wildman–Crippen LogP) is 2.00. The fourth-order valence-electron chi connectivity index (χ4n) is 0.661. The summed E-state index contributed by atoms with van der Waals surface area (Å²) in [6.07, 6.45) is 6.54. The highest BCUT2D eigenvalue weighted by Gasteiger charge is 2.05. The van der Waals surface area contributed by atoms with Crippen LogP contribution in [0.3, 0.4) is 0 Å². The maximum absolute atomic E-state index is 8.46. The van der Waals surface area contributed by atoms with E-state index in [1.54, 1.807) is 0 Å². The van der Waals surface area contributed by atoms with Gasteiger partial charge in [-0.3, -0.25) is 0 Å². The van der Waals surface area contributed by atoms with E-state index in [0.717, 1.165) is 0 Å². The normalized spacial score (nSPS) is 13.4. The zero-order valence-electron chi connectivity index (χ0n) is 8.77. The molecule has 0 saturated carbocycles. The summed E-state index contributed by atoms with van der Waals surface area (Å²) < 4.78 is 10.5. The zero-order valence-corrected chi connectivity index (χ0v) is 8.77. The van der Waals surface area contributed by atoms with E-state index in [0.29, 0.717) is 12.4 Å². The SMILES string of the molecule is C=C(OCC=CC)C(C)OC=CCO. The van der Waals surface area contributed by atoms with Gasteiger partial charge in [0.15, 0.2) is 6.10 Å². The monoisotopic (exact) mass is 198 g/mol. The molecule has 0 radical (unpaired) electrons. The highest BCUT2D eigenvalue weighted by Crippen LogP contribution is 2.05. The average molecular weight is 198 g/mol. The smallest absolute Gasteiger partial charge is 0.151 e. The van der Waals surface area contributed by atoms with Gasteiger partial charge in [0.05, 0.1) is 12.9 Å². The van der Waals surface area contributed by atoms with Gasteiger partial charge in [-0.05, 0) is 19.9 Å². The third kappa shape index (κ3) is 6.31. The minimum atomic E-state index is -0.206. The molecule has 0 heterocycles. The first-order chi connectivity index (χ1) is 6.72. The van der Waals surface area contributed by atoms with Gasteiger partial charge in [-0.25, -0.2) is 0 Å². The predicted molar refractivity (Wildman–Crippen MR) is 56.7 cm³/mol. The van der Waals surface area contributed by atoms with Crippen molar-refractivity contribution in [1.29, 1.82) is 0 Å². The van der Waals surface area contributed by atoms with Gasteiger partial charge in [0.2, 0.25) is 0 Å². The summed E-state index contributed by atoms with van der Waals surface area (Å²) in [6, 6.07) is 0. The summed E-state index contributed by atoms with van der Waals surface area (Å²) in [5.74, 6) is 0.575. The maximum Gasteiger partial charge on any atom is 0.151 e. The fourth-order valence-corrected chi connectivity index (χ4v) is 0.661. The molecule has 0 aromatic heterocycles. The topological polar surface area (TPSA) is 38.7 Å². The van der Waals surface area contributed by atoms with Crippen molar-refractivity contribution in [1.82, 2.24) is 0 Å². The van der Waals surface area contributed by atoms with E-state index in [9.17, 15) is 0 Å². The van der Waals surface area contributed by atoms with Crippen molar-refractivity contribution in [3.63, 3.8) is 0 Å². The molecule has 14 heavy (non-hydrogen) atoms. The van der Waals surface area contributed by atoms with Crippen LogP contribution in [0.2, 0.25) is 0 Å². The Labute approximate surface area is 85.3 Å². The highest BCUT2D eigenvalue weighted by molar-refractivity contribution is 4.93. The van der Waals surface area contributed by atoms with E-state index in [1.165, 1.54) is 12.3 Å². The second-order valence-corrected chi connectivity index (χ2v) is 2.68. The number of hydrogen-bond donors (Lipinski definition) is 1. The Morgan fingerprint density at radius 2 is 2.21 bits per heavy atom. The molecule has 80 valence electrons. The van der Waals surface area contributed by atoms with E-state index in [-0.39, 0.29) is 12.7 Å². The number of ether oxygens (including phenoxy) is 2. The molecule has 3 heteroatoms. The van der Waals surface area contributed by atoms with Gasteiger partial charge in [-0.15, -0.1) is 0 Å². The Hall–Kier alpha value is -1.22. The van der Waals surface area contributed by atoms with Crippen molar-refractivity contribution in [2.24, 2.45) is 0 Å². The van der Waals surface area contributed by atoms with Crippen molar-refractivity contribution < 1.29 is 14.6 Å². The molecule has 0 saturated heterocycles. The first kappa shape index (κ1) is 12.8. The lowest BCUT2D eigenvalue weighted by Gasteiger charge is -2.14. The molecule has 0 fully saturated rings. The molecule has 3 nitrogen and oxygen atoms in total. The van der Waals surface area contributed by atoms with Crippen LogP contribution >= 0.6 is 0 Å². The average Bonchev–Trinajstić information content (AvgIpc) is 2.18. The van der Waals surface area contributed by atoms with Crippen LogP contribution in [-0.2, 0) is 9.47 Å². The van der Waals surface area contributed by atoms with Gasteiger partial charge in [0, 0.05) is 0 Å². The van der Waals surface area contributed by atoms with E-state index in [2.05, 4.69) is 6.58 Å². The minimum Gasteiger partial charge on any atom is -0.491 e. The Balaban J connectivity index is 3.70. The summed E-state index contributed by atoms with van der Waals surface area (Å²) in [6.45, 7) is 7.96. The van der Waals surface area contributed by atoms with Gasteiger partial charge in [-0.2, -0.15) is 0 Å². The molecule has 0 amide bonds. The maximum atomic E-state index is 8.46. The van der Waals surface area contributed by atoms with Crippen molar-refractivity contribution >= 4 is 0 Å². The molecule has 0 spiro atoms. The van der Waals surface area contributed by atoms with E-state index in [4.69, 9.17) is 14.6 Å². The molecule has 1 atom stereocenters. The van der Waals surface area contributed by atoms with Crippen molar-refractivity contribution in [2.45, 2.75) is 20.0 Å². The van der Waals surface area contributed by atoms with Gasteiger partial charge < -0.3 is 14.6 Å². The van der Waals surface area contributed by atoms with Gasteiger partial charge in [0.1, 0.15) is 12.4 Å². The Morgan fingerprint density at radius 1 is 1.50 bits per heavy atom. The van der Waals surface area contributed by atoms with Gasteiger partial charge in [-0.1, -0.05) is 18.7 Å².